The van der Waals surface area contributed by atoms with Crippen LogP contribution < -0.4 is 9.62 Å². The molecule has 0 aliphatic carbocycles. The van der Waals surface area contributed by atoms with Crippen molar-refractivity contribution in [1.29, 1.82) is 5.26 Å². The first-order valence-electron chi connectivity index (χ1n) is 9.33. The lowest BCUT2D eigenvalue weighted by molar-refractivity contribution is 0.0989. The number of fused-ring (bicyclic) bond motifs is 1. The molecule has 0 aromatic heterocycles. The van der Waals surface area contributed by atoms with Gasteiger partial charge < -0.3 is 9.45 Å². The van der Waals surface area contributed by atoms with E-state index in [1.165, 1.54) is 0 Å². The second-order valence-electron chi connectivity index (χ2n) is 8.01. The monoisotopic (exact) mass is 395 g/mol. The fraction of sp³-hybridized carbons (Fsp3) is 0.364. The molecule has 0 unspecified atom stereocenters. The van der Waals surface area contributed by atoms with Crippen LogP contribution in [-0.2, 0) is 17.8 Å². The number of nitriles is 1. The van der Waals surface area contributed by atoms with Crippen LogP contribution in [-0.4, -0.2) is 21.8 Å². The molecule has 1 heterocycles. The van der Waals surface area contributed by atoms with Gasteiger partial charge in [-0.3, -0.25) is 4.79 Å². The summed E-state index contributed by atoms with van der Waals surface area (Å²) in [5.74, 6) is -0.0939. The average Bonchev–Trinajstić information content (AvgIpc) is 3.09. The zero-order chi connectivity index (χ0) is 20.5. The molecule has 2 aromatic rings. The Balaban J connectivity index is 1.79. The second-order valence-corrected chi connectivity index (χ2v) is 10.0. The number of anilines is 1. The molecule has 146 valence electrons. The number of carbonyl (C=O) groups excluding carboxylic acids is 1. The van der Waals surface area contributed by atoms with E-state index in [9.17, 15) is 9.35 Å². The highest BCUT2D eigenvalue weighted by atomic mass is 32.2. The number of nitrogens with zero attached hydrogens (tertiary/aromatic N) is 2. The normalized spacial score (nSPS) is 15.6. The number of nitrogens with one attached hydrogen (secondary N) is 1. The number of rotatable bonds is 4. The third kappa shape index (κ3) is 4.22. The minimum Gasteiger partial charge on any atom is -0.598 e. The molecular formula is C22H25N3O2S. The Morgan fingerprint density at radius 3 is 2.71 bits per heavy atom. The van der Waals surface area contributed by atoms with Crippen molar-refractivity contribution in [2.24, 2.45) is 0 Å². The van der Waals surface area contributed by atoms with Gasteiger partial charge in [0.15, 0.2) is 0 Å². The van der Waals surface area contributed by atoms with E-state index in [0.717, 1.165) is 23.2 Å². The van der Waals surface area contributed by atoms with Crippen LogP contribution in [0.4, 0.5) is 5.69 Å². The third-order valence-corrected chi connectivity index (χ3v) is 6.50. The molecule has 2 aromatic carbocycles. The lowest BCUT2D eigenvalue weighted by atomic mass is 10.0. The Kier molecular flexibility index (Phi) is 5.80. The summed E-state index contributed by atoms with van der Waals surface area (Å²) in [5, 5.41) is 9.06. The fourth-order valence-electron chi connectivity index (χ4n) is 3.18. The van der Waals surface area contributed by atoms with Gasteiger partial charge in [0.25, 0.3) is 5.91 Å². The van der Waals surface area contributed by atoms with E-state index in [2.05, 4.69) is 16.9 Å². The molecule has 0 saturated carbocycles. The zero-order valence-electron chi connectivity index (χ0n) is 16.7. The van der Waals surface area contributed by atoms with E-state index >= 15 is 0 Å². The number of hydrogen-bond acceptors (Lipinski definition) is 4. The molecular weight excluding hydrogens is 370 g/mol. The summed E-state index contributed by atoms with van der Waals surface area (Å²) in [6.45, 7) is 8.43. The van der Waals surface area contributed by atoms with Crippen molar-refractivity contribution < 1.29 is 9.35 Å². The highest BCUT2D eigenvalue weighted by molar-refractivity contribution is 7.90. The minimum atomic E-state index is -1.15. The highest BCUT2D eigenvalue weighted by Gasteiger charge is 2.30. The molecule has 1 aliphatic heterocycles. The summed E-state index contributed by atoms with van der Waals surface area (Å²) in [4.78, 5) is 14.7. The molecule has 0 radical (unpaired) electrons. The molecule has 0 fully saturated rings. The van der Waals surface area contributed by atoms with Crippen LogP contribution in [0.3, 0.4) is 0 Å². The Bertz CT molecular complexity index is 930. The number of hydrogen-bond donors (Lipinski definition) is 1. The predicted octanol–water partition coefficient (Wildman–Crippen LogP) is 3.87. The molecule has 1 aliphatic rings. The van der Waals surface area contributed by atoms with Crippen molar-refractivity contribution in [3.63, 3.8) is 0 Å². The van der Waals surface area contributed by atoms with Crippen LogP contribution in [0, 0.1) is 11.3 Å². The molecule has 2 atom stereocenters. The summed E-state index contributed by atoms with van der Waals surface area (Å²) in [6.07, 6.45) is 0.780. The van der Waals surface area contributed by atoms with Gasteiger partial charge in [-0.1, -0.05) is 18.2 Å². The van der Waals surface area contributed by atoms with Crippen LogP contribution in [0.15, 0.2) is 42.5 Å². The zero-order valence-corrected chi connectivity index (χ0v) is 17.5. The topological polar surface area (TPSA) is 79.2 Å². The summed E-state index contributed by atoms with van der Waals surface area (Å²) < 4.78 is 15.2. The maximum Gasteiger partial charge on any atom is 0.258 e. The lowest BCUT2D eigenvalue weighted by Gasteiger charge is -2.27. The largest absolute Gasteiger partial charge is 0.598 e. The van der Waals surface area contributed by atoms with Crippen LogP contribution in [0.5, 0.6) is 0 Å². The Labute approximate surface area is 169 Å². The van der Waals surface area contributed by atoms with Gasteiger partial charge >= 0.3 is 0 Å². The molecule has 0 bridgehead atoms. The van der Waals surface area contributed by atoms with Crippen LogP contribution in [0.25, 0.3) is 0 Å². The fourth-order valence-corrected chi connectivity index (χ4v) is 4.00. The van der Waals surface area contributed by atoms with Crippen molar-refractivity contribution >= 4 is 23.0 Å². The Morgan fingerprint density at radius 2 is 2.04 bits per heavy atom. The third-order valence-electron chi connectivity index (χ3n) is 4.82. The van der Waals surface area contributed by atoms with Gasteiger partial charge in [-0.05, 0) is 69.5 Å². The standard InChI is InChI=1S/C22H25N3O2S/c1-15(24-28(27)22(2,3)4)17-8-9-20-18(13-17)10-11-25(20)21(26)19-7-5-6-16(12-19)14-23/h5-9,12-13,15,24H,10-11H2,1-4H3/t15-,28-/m1/s1. The first kappa shape index (κ1) is 20.4. The molecule has 3 rings (SSSR count). The first-order chi connectivity index (χ1) is 13.2. The van der Waals surface area contributed by atoms with E-state index in [0.29, 0.717) is 17.7 Å². The quantitative estimate of drug-likeness (QED) is 0.797. The Hall–Kier alpha value is -2.33. The van der Waals surface area contributed by atoms with Crippen molar-refractivity contribution in [3.05, 3.63) is 64.7 Å². The second kappa shape index (κ2) is 7.96. The van der Waals surface area contributed by atoms with Crippen LogP contribution in [0.1, 0.15) is 60.8 Å². The molecule has 28 heavy (non-hydrogen) atoms. The van der Waals surface area contributed by atoms with E-state index in [4.69, 9.17) is 5.26 Å². The first-order valence-corrected chi connectivity index (χ1v) is 10.5. The van der Waals surface area contributed by atoms with E-state index in [1.807, 2.05) is 39.8 Å². The molecule has 0 spiro atoms. The van der Waals surface area contributed by atoms with E-state index < -0.39 is 11.4 Å². The molecule has 6 heteroatoms. The van der Waals surface area contributed by atoms with E-state index in [1.54, 1.807) is 29.2 Å². The molecule has 5 nitrogen and oxygen atoms in total. The van der Waals surface area contributed by atoms with Crippen molar-refractivity contribution in [1.82, 2.24) is 4.72 Å². The summed E-state index contributed by atoms with van der Waals surface area (Å²) in [5.41, 5.74) is 4.06. The molecule has 0 saturated heterocycles. The van der Waals surface area contributed by atoms with Gasteiger partial charge in [-0.15, -0.1) is 4.72 Å². The van der Waals surface area contributed by atoms with Crippen LogP contribution >= 0.6 is 0 Å². The maximum atomic E-state index is 12.9. The number of amides is 1. The predicted molar refractivity (Wildman–Crippen MR) is 112 cm³/mol. The SMILES string of the molecule is C[C@@H](N[S@+]([O-])C(C)(C)C)c1ccc2c(c1)CCN2C(=O)c1cccc(C#N)c1. The van der Waals surface area contributed by atoms with Gasteiger partial charge in [0.2, 0.25) is 0 Å². The maximum absolute atomic E-state index is 12.9. The summed E-state index contributed by atoms with van der Waals surface area (Å²) >= 11 is -1.15. The van der Waals surface area contributed by atoms with Gasteiger partial charge in [0.1, 0.15) is 4.75 Å². The summed E-state index contributed by atoms with van der Waals surface area (Å²) in [6, 6.07) is 14.8. The van der Waals surface area contributed by atoms with Crippen molar-refractivity contribution in [2.75, 3.05) is 11.4 Å². The van der Waals surface area contributed by atoms with Crippen molar-refractivity contribution in [2.45, 2.75) is 44.9 Å². The Morgan fingerprint density at radius 1 is 1.29 bits per heavy atom. The van der Waals surface area contributed by atoms with Gasteiger partial charge in [0, 0.05) is 29.2 Å². The van der Waals surface area contributed by atoms with E-state index in [-0.39, 0.29) is 16.7 Å². The van der Waals surface area contributed by atoms with Crippen molar-refractivity contribution in [3.8, 4) is 6.07 Å². The molecule has 1 amide bonds. The minimum absolute atomic E-state index is 0.0533. The smallest absolute Gasteiger partial charge is 0.258 e. The summed E-state index contributed by atoms with van der Waals surface area (Å²) in [7, 11) is 0. The van der Waals surface area contributed by atoms with Gasteiger partial charge in [0.05, 0.1) is 17.7 Å². The highest BCUT2D eigenvalue weighted by Crippen LogP contribution is 2.32. The lowest BCUT2D eigenvalue weighted by Crippen LogP contribution is -2.40. The van der Waals surface area contributed by atoms with Gasteiger partial charge in [-0.25, -0.2) is 0 Å². The van der Waals surface area contributed by atoms with Crippen LogP contribution in [0.2, 0.25) is 0 Å². The molecule has 1 N–H and O–H groups in total. The number of carbonyl (C=O) groups is 1. The average molecular weight is 396 g/mol. The van der Waals surface area contributed by atoms with Gasteiger partial charge in [-0.2, -0.15) is 5.26 Å². The number of benzene rings is 2.